The highest BCUT2D eigenvalue weighted by Gasteiger charge is 2.14. The number of ether oxygens (including phenoxy) is 1. The summed E-state index contributed by atoms with van der Waals surface area (Å²) >= 11 is 6.12. The Hall–Kier alpha value is -3.39. The predicted molar refractivity (Wildman–Crippen MR) is 114 cm³/mol. The van der Waals surface area contributed by atoms with Crippen LogP contribution < -0.4 is 10.1 Å². The molecule has 0 bridgehead atoms. The zero-order valence-electron chi connectivity index (χ0n) is 16.8. The molecule has 0 saturated heterocycles. The van der Waals surface area contributed by atoms with Gasteiger partial charge in [-0.15, -0.1) is 0 Å². The second-order valence-electron chi connectivity index (χ2n) is 6.90. The summed E-state index contributed by atoms with van der Waals surface area (Å²) in [7, 11) is 0. The van der Waals surface area contributed by atoms with E-state index in [2.05, 4.69) is 10.4 Å². The largest absolute Gasteiger partial charge is 0.457 e. The Morgan fingerprint density at radius 1 is 1.20 bits per heavy atom. The molecule has 3 aromatic rings. The SMILES string of the molecule is Cc1cccc(Oc2cc(NC(=O)CCn3nc(C)c(Cl)c3C)cc([N+](=O)[O-])c2)c1. The second kappa shape index (κ2) is 8.96. The Bertz CT molecular complexity index is 1110. The molecule has 2 aromatic carbocycles. The highest BCUT2D eigenvalue weighted by Crippen LogP contribution is 2.30. The molecule has 0 radical (unpaired) electrons. The highest BCUT2D eigenvalue weighted by atomic mass is 35.5. The zero-order valence-corrected chi connectivity index (χ0v) is 17.6. The van der Waals surface area contributed by atoms with Crippen LogP contribution in [0.2, 0.25) is 5.02 Å². The molecule has 0 aliphatic heterocycles. The maximum absolute atomic E-state index is 12.4. The van der Waals surface area contributed by atoms with Gasteiger partial charge in [-0.1, -0.05) is 23.7 Å². The molecular weight excluding hydrogens is 408 g/mol. The number of carbonyl (C=O) groups excluding carboxylic acids is 1. The van der Waals surface area contributed by atoms with Crippen molar-refractivity contribution in [2.45, 2.75) is 33.7 Å². The van der Waals surface area contributed by atoms with Crippen molar-refractivity contribution in [3.63, 3.8) is 0 Å². The number of nitro groups is 1. The van der Waals surface area contributed by atoms with Crippen molar-refractivity contribution in [1.29, 1.82) is 0 Å². The molecular formula is C21H21ClN4O4. The summed E-state index contributed by atoms with van der Waals surface area (Å²) < 4.78 is 7.41. The van der Waals surface area contributed by atoms with Gasteiger partial charge >= 0.3 is 0 Å². The van der Waals surface area contributed by atoms with Crippen molar-refractivity contribution in [3.05, 3.63) is 74.6 Å². The van der Waals surface area contributed by atoms with E-state index >= 15 is 0 Å². The smallest absolute Gasteiger partial charge is 0.275 e. The molecule has 156 valence electrons. The van der Waals surface area contributed by atoms with Gasteiger partial charge in [-0.3, -0.25) is 19.6 Å². The van der Waals surface area contributed by atoms with Gasteiger partial charge in [-0.05, 0) is 38.5 Å². The number of hydrogen-bond donors (Lipinski definition) is 1. The van der Waals surface area contributed by atoms with E-state index in [-0.39, 0.29) is 29.5 Å². The summed E-state index contributed by atoms with van der Waals surface area (Å²) in [5.74, 6) is 0.505. The number of hydrogen-bond acceptors (Lipinski definition) is 5. The maximum atomic E-state index is 12.4. The van der Waals surface area contributed by atoms with Crippen LogP contribution >= 0.6 is 11.6 Å². The topological polar surface area (TPSA) is 99.3 Å². The molecule has 1 N–H and O–H groups in total. The number of nitrogens with one attached hydrogen (secondary N) is 1. The summed E-state index contributed by atoms with van der Waals surface area (Å²) in [5, 5.41) is 18.8. The van der Waals surface area contributed by atoms with Crippen LogP contribution in [0.5, 0.6) is 11.5 Å². The van der Waals surface area contributed by atoms with Gasteiger partial charge in [0.05, 0.1) is 39.6 Å². The van der Waals surface area contributed by atoms with Crippen molar-refractivity contribution in [2.75, 3.05) is 5.32 Å². The number of rotatable bonds is 7. The third kappa shape index (κ3) is 5.15. The second-order valence-corrected chi connectivity index (χ2v) is 7.28. The number of halogens is 1. The van der Waals surface area contributed by atoms with E-state index in [9.17, 15) is 14.9 Å². The molecule has 0 spiro atoms. The molecule has 1 amide bonds. The number of aromatic nitrogens is 2. The minimum atomic E-state index is -0.531. The number of anilines is 1. The van der Waals surface area contributed by atoms with Crippen molar-refractivity contribution >= 4 is 28.9 Å². The maximum Gasteiger partial charge on any atom is 0.275 e. The summed E-state index contributed by atoms with van der Waals surface area (Å²) in [6.07, 6.45) is 0.134. The van der Waals surface area contributed by atoms with Crippen LogP contribution in [-0.2, 0) is 11.3 Å². The molecule has 3 rings (SSSR count). The molecule has 30 heavy (non-hydrogen) atoms. The third-order valence-electron chi connectivity index (χ3n) is 4.45. The monoisotopic (exact) mass is 428 g/mol. The number of nitro benzene ring substituents is 1. The molecule has 0 atom stereocenters. The number of non-ortho nitro benzene ring substituents is 1. The number of aryl methyl sites for hydroxylation is 3. The normalized spacial score (nSPS) is 10.7. The van der Waals surface area contributed by atoms with E-state index in [0.717, 1.165) is 11.3 Å². The van der Waals surface area contributed by atoms with Gasteiger partial charge in [0.15, 0.2) is 0 Å². The Labute approximate surface area is 178 Å². The summed E-state index contributed by atoms with van der Waals surface area (Å²) in [6, 6.07) is 11.5. The van der Waals surface area contributed by atoms with E-state index in [4.69, 9.17) is 16.3 Å². The Balaban J connectivity index is 1.73. The lowest BCUT2D eigenvalue weighted by atomic mass is 10.2. The predicted octanol–water partition coefficient (Wildman–Crippen LogP) is 5.19. The van der Waals surface area contributed by atoms with Gasteiger partial charge in [0, 0.05) is 18.6 Å². The fourth-order valence-electron chi connectivity index (χ4n) is 2.96. The third-order valence-corrected chi connectivity index (χ3v) is 5.00. The number of carbonyl (C=O) groups is 1. The van der Waals surface area contributed by atoms with Gasteiger partial charge in [0.2, 0.25) is 5.91 Å². The van der Waals surface area contributed by atoms with Crippen molar-refractivity contribution in [3.8, 4) is 11.5 Å². The van der Waals surface area contributed by atoms with E-state index in [1.54, 1.807) is 23.7 Å². The standard InChI is InChI=1S/C21H21ClN4O4/c1-13-5-4-6-18(9-13)30-19-11-16(10-17(12-19)26(28)29)23-20(27)7-8-25-15(3)21(22)14(2)24-25/h4-6,9-12H,7-8H2,1-3H3,(H,23,27). The molecule has 0 aliphatic carbocycles. The van der Waals surface area contributed by atoms with Gasteiger partial charge in [0.1, 0.15) is 11.5 Å². The number of amides is 1. The van der Waals surface area contributed by atoms with Crippen LogP contribution in [0.25, 0.3) is 0 Å². The van der Waals surface area contributed by atoms with Crippen molar-refractivity contribution in [2.24, 2.45) is 0 Å². The minimum Gasteiger partial charge on any atom is -0.457 e. The van der Waals surface area contributed by atoms with Crippen LogP contribution in [0.3, 0.4) is 0 Å². The average Bonchev–Trinajstić information content (AvgIpc) is 2.93. The van der Waals surface area contributed by atoms with Gasteiger partial charge < -0.3 is 10.1 Å². The Morgan fingerprint density at radius 3 is 2.60 bits per heavy atom. The Morgan fingerprint density at radius 2 is 1.97 bits per heavy atom. The molecule has 0 fully saturated rings. The van der Waals surface area contributed by atoms with Crippen LogP contribution in [0.1, 0.15) is 23.4 Å². The first-order chi connectivity index (χ1) is 14.2. The fraction of sp³-hybridized carbons (Fsp3) is 0.238. The van der Waals surface area contributed by atoms with E-state index < -0.39 is 4.92 Å². The number of nitrogens with zero attached hydrogens (tertiary/aromatic N) is 3. The molecule has 9 heteroatoms. The summed E-state index contributed by atoms with van der Waals surface area (Å²) in [6.45, 7) is 5.88. The average molecular weight is 429 g/mol. The summed E-state index contributed by atoms with van der Waals surface area (Å²) in [4.78, 5) is 23.2. The molecule has 1 aromatic heterocycles. The van der Waals surface area contributed by atoms with Crippen LogP contribution in [0, 0.1) is 30.9 Å². The van der Waals surface area contributed by atoms with Crippen LogP contribution in [0.15, 0.2) is 42.5 Å². The van der Waals surface area contributed by atoms with Crippen LogP contribution in [0.4, 0.5) is 11.4 Å². The molecule has 0 unspecified atom stereocenters. The lowest BCUT2D eigenvalue weighted by Gasteiger charge is -2.10. The summed E-state index contributed by atoms with van der Waals surface area (Å²) in [5.41, 5.74) is 2.58. The minimum absolute atomic E-state index is 0.134. The van der Waals surface area contributed by atoms with Crippen LogP contribution in [-0.4, -0.2) is 20.6 Å². The zero-order chi connectivity index (χ0) is 21.8. The van der Waals surface area contributed by atoms with Crippen molar-refractivity contribution in [1.82, 2.24) is 9.78 Å². The molecule has 0 aliphatic rings. The first-order valence-electron chi connectivity index (χ1n) is 9.26. The Kier molecular flexibility index (Phi) is 6.37. The van der Waals surface area contributed by atoms with E-state index in [1.807, 2.05) is 32.0 Å². The first kappa shape index (κ1) is 21.3. The van der Waals surface area contributed by atoms with Gasteiger partial charge in [-0.25, -0.2) is 0 Å². The fourth-order valence-corrected chi connectivity index (χ4v) is 3.09. The molecule has 8 nitrogen and oxygen atoms in total. The first-order valence-corrected chi connectivity index (χ1v) is 9.64. The van der Waals surface area contributed by atoms with E-state index in [1.165, 1.54) is 12.1 Å². The molecule has 1 heterocycles. The number of benzene rings is 2. The lowest BCUT2D eigenvalue weighted by Crippen LogP contribution is -2.15. The van der Waals surface area contributed by atoms with Crippen molar-refractivity contribution < 1.29 is 14.5 Å². The quantitative estimate of drug-likeness (QED) is 0.412. The van der Waals surface area contributed by atoms with E-state index in [0.29, 0.717) is 23.0 Å². The lowest BCUT2D eigenvalue weighted by molar-refractivity contribution is -0.384. The molecule has 0 saturated carbocycles. The van der Waals surface area contributed by atoms with Gasteiger partial charge in [0.25, 0.3) is 5.69 Å². The van der Waals surface area contributed by atoms with Gasteiger partial charge in [-0.2, -0.15) is 5.10 Å². The highest BCUT2D eigenvalue weighted by molar-refractivity contribution is 6.31.